The molecule has 9 heteroatoms. The van der Waals surface area contributed by atoms with E-state index in [0.717, 1.165) is 6.07 Å². The second-order valence-corrected chi connectivity index (χ2v) is 6.29. The van der Waals surface area contributed by atoms with E-state index in [0.29, 0.717) is 28.0 Å². The van der Waals surface area contributed by atoms with E-state index in [1.165, 1.54) is 26.4 Å². The number of halogens is 3. The number of anilines is 3. The topological polar surface area (TPSA) is 78.6 Å². The molecule has 29 heavy (non-hydrogen) atoms. The molecule has 0 aliphatic heterocycles. The molecule has 0 aliphatic rings. The molecule has 152 valence electrons. The Labute approximate surface area is 171 Å². The minimum Gasteiger partial charge on any atom is -0.496 e. The SMILES string of the molecule is COc1cc(Cl)c(Nc2ncccc2N)cc1OCc1c(OC)ccc(F)c1F. The number of nitrogens with zero attached hydrogens (tertiary/aromatic N) is 1. The fraction of sp³-hybridized carbons (Fsp3) is 0.150. The van der Waals surface area contributed by atoms with Gasteiger partial charge in [0.15, 0.2) is 29.0 Å². The van der Waals surface area contributed by atoms with E-state index in [4.69, 9.17) is 31.5 Å². The zero-order valence-corrected chi connectivity index (χ0v) is 16.4. The molecule has 0 fully saturated rings. The van der Waals surface area contributed by atoms with Gasteiger partial charge in [-0.1, -0.05) is 11.6 Å². The first-order valence-electron chi connectivity index (χ1n) is 8.43. The lowest BCUT2D eigenvalue weighted by Gasteiger charge is -2.16. The highest BCUT2D eigenvalue weighted by atomic mass is 35.5. The summed E-state index contributed by atoms with van der Waals surface area (Å²) in [5.41, 5.74) is 6.70. The van der Waals surface area contributed by atoms with Crippen LogP contribution in [-0.2, 0) is 6.61 Å². The van der Waals surface area contributed by atoms with Crippen molar-refractivity contribution < 1.29 is 23.0 Å². The van der Waals surface area contributed by atoms with Gasteiger partial charge in [0.2, 0.25) is 0 Å². The van der Waals surface area contributed by atoms with E-state index < -0.39 is 11.6 Å². The van der Waals surface area contributed by atoms with Crippen LogP contribution in [0, 0.1) is 11.6 Å². The highest BCUT2D eigenvalue weighted by molar-refractivity contribution is 6.33. The number of methoxy groups -OCH3 is 2. The second kappa shape index (κ2) is 8.83. The molecule has 0 saturated carbocycles. The van der Waals surface area contributed by atoms with Gasteiger partial charge in [0, 0.05) is 18.3 Å². The van der Waals surface area contributed by atoms with Gasteiger partial charge in [0.25, 0.3) is 0 Å². The van der Waals surface area contributed by atoms with Crippen LogP contribution in [0.3, 0.4) is 0 Å². The zero-order chi connectivity index (χ0) is 21.0. The van der Waals surface area contributed by atoms with Gasteiger partial charge in [-0.05, 0) is 24.3 Å². The number of hydrogen-bond donors (Lipinski definition) is 2. The molecule has 2 aromatic carbocycles. The minimum absolute atomic E-state index is 0.0621. The number of rotatable bonds is 7. The number of nitrogens with two attached hydrogens (primary N) is 1. The average molecular weight is 422 g/mol. The summed E-state index contributed by atoms with van der Waals surface area (Å²) in [4.78, 5) is 4.15. The molecule has 0 atom stereocenters. The average Bonchev–Trinajstić information content (AvgIpc) is 2.72. The van der Waals surface area contributed by atoms with Gasteiger partial charge in [0.05, 0.1) is 36.2 Å². The number of benzene rings is 2. The summed E-state index contributed by atoms with van der Waals surface area (Å²) in [5, 5.41) is 3.34. The van der Waals surface area contributed by atoms with E-state index in [-0.39, 0.29) is 23.7 Å². The molecule has 1 heterocycles. The van der Waals surface area contributed by atoms with Crippen molar-refractivity contribution in [2.45, 2.75) is 6.61 Å². The lowest BCUT2D eigenvalue weighted by molar-refractivity contribution is 0.270. The van der Waals surface area contributed by atoms with Crippen LogP contribution in [0.15, 0.2) is 42.6 Å². The fourth-order valence-electron chi connectivity index (χ4n) is 2.60. The quantitative estimate of drug-likeness (QED) is 0.563. The molecule has 3 rings (SSSR count). The molecule has 0 unspecified atom stereocenters. The smallest absolute Gasteiger partial charge is 0.169 e. The molecular formula is C20H18ClF2N3O3. The maximum Gasteiger partial charge on any atom is 0.169 e. The van der Waals surface area contributed by atoms with Gasteiger partial charge in [-0.25, -0.2) is 13.8 Å². The maximum atomic E-state index is 14.2. The van der Waals surface area contributed by atoms with Crippen molar-refractivity contribution >= 4 is 28.8 Å². The highest BCUT2D eigenvalue weighted by Crippen LogP contribution is 2.38. The lowest BCUT2D eigenvalue weighted by atomic mass is 10.2. The first-order valence-corrected chi connectivity index (χ1v) is 8.81. The number of pyridine rings is 1. The lowest BCUT2D eigenvalue weighted by Crippen LogP contribution is -2.05. The van der Waals surface area contributed by atoms with Crippen LogP contribution in [0.2, 0.25) is 5.02 Å². The Morgan fingerprint density at radius 2 is 1.83 bits per heavy atom. The fourth-order valence-corrected chi connectivity index (χ4v) is 2.80. The van der Waals surface area contributed by atoms with Crippen LogP contribution in [0.1, 0.15) is 5.56 Å². The van der Waals surface area contributed by atoms with Gasteiger partial charge in [-0.2, -0.15) is 0 Å². The Morgan fingerprint density at radius 3 is 2.52 bits per heavy atom. The number of hydrogen-bond acceptors (Lipinski definition) is 6. The van der Waals surface area contributed by atoms with E-state index in [2.05, 4.69) is 10.3 Å². The van der Waals surface area contributed by atoms with E-state index >= 15 is 0 Å². The predicted octanol–water partition coefficient (Wildman–Crippen LogP) is 4.94. The molecule has 3 aromatic rings. The van der Waals surface area contributed by atoms with Crippen LogP contribution < -0.4 is 25.3 Å². The first kappa shape index (κ1) is 20.5. The third-order valence-corrected chi connectivity index (χ3v) is 4.40. The third kappa shape index (κ3) is 4.43. The van der Waals surface area contributed by atoms with Gasteiger partial charge in [-0.15, -0.1) is 0 Å². The zero-order valence-electron chi connectivity index (χ0n) is 15.6. The Morgan fingerprint density at radius 1 is 1.07 bits per heavy atom. The second-order valence-electron chi connectivity index (χ2n) is 5.88. The number of nitrogens with one attached hydrogen (secondary N) is 1. The van der Waals surface area contributed by atoms with Crippen molar-refractivity contribution in [3.05, 3.63) is 64.8 Å². The standard InChI is InChI=1S/C20H18ClF2N3O3/c1-27-16-6-5-13(22)19(23)11(16)10-29-18-9-15(12(21)8-17(18)28-2)26-20-14(24)4-3-7-25-20/h3-9H,10,24H2,1-2H3,(H,25,26). The molecule has 0 aliphatic carbocycles. The molecule has 0 radical (unpaired) electrons. The summed E-state index contributed by atoms with van der Waals surface area (Å²) in [7, 11) is 2.80. The van der Waals surface area contributed by atoms with Crippen molar-refractivity contribution in [3.8, 4) is 17.2 Å². The van der Waals surface area contributed by atoms with E-state index in [1.807, 2.05) is 0 Å². The normalized spacial score (nSPS) is 10.5. The van der Waals surface area contributed by atoms with Crippen LogP contribution in [0.25, 0.3) is 0 Å². The highest BCUT2D eigenvalue weighted by Gasteiger charge is 2.17. The molecule has 0 spiro atoms. The van der Waals surface area contributed by atoms with Gasteiger partial charge < -0.3 is 25.3 Å². The summed E-state index contributed by atoms with van der Waals surface area (Å²) in [6.07, 6.45) is 1.58. The van der Waals surface area contributed by atoms with Crippen molar-refractivity contribution in [3.63, 3.8) is 0 Å². The Bertz CT molecular complexity index is 1030. The van der Waals surface area contributed by atoms with E-state index in [1.54, 1.807) is 24.4 Å². The Balaban J connectivity index is 1.91. The van der Waals surface area contributed by atoms with Crippen LogP contribution in [-0.4, -0.2) is 19.2 Å². The summed E-state index contributed by atoms with van der Waals surface area (Å²) in [5.74, 6) is -0.915. The van der Waals surface area contributed by atoms with Crippen LogP contribution in [0.5, 0.6) is 17.2 Å². The van der Waals surface area contributed by atoms with Crippen molar-refractivity contribution in [1.29, 1.82) is 0 Å². The van der Waals surface area contributed by atoms with Crippen molar-refractivity contribution in [2.75, 3.05) is 25.3 Å². The minimum atomic E-state index is -1.04. The summed E-state index contributed by atoms with van der Waals surface area (Å²) in [6, 6.07) is 8.78. The number of nitrogen functional groups attached to an aromatic ring is 1. The molecule has 6 nitrogen and oxygen atoms in total. The molecule has 3 N–H and O–H groups in total. The van der Waals surface area contributed by atoms with Gasteiger partial charge in [0.1, 0.15) is 12.4 Å². The maximum absolute atomic E-state index is 14.2. The number of ether oxygens (including phenoxy) is 3. The largest absolute Gasteiger partial charge is 0.496 e. The van der Waals surface area contributed by atoms with Crippen molar-refractivity contribution in [1.82, 2.24) is 4.98 Å². The summed E-state index contributed by atoms with van der Waals surface area (Å²) in [6.45, 7) is -0.296. The summed E-state index contributed by atoms with van der Waals surface area (Å²) < 4.78 is 43.9. The third-order valence-electron chi connectivity index (χ3n) is 4.09. The molecule has 0 bridgehead atoms. The predicted molar refractivity (Wildman–Crippen MR) is 107 cm³/mol. The molecule has 0 amide bonds. The van der Waals surface area contributed by atoms with Crippen LogP contribution in [0.4, 0.5) is 26.0 Å². The molecule has 1 aromatic heterocycles. The van der Waals surface area contributed by atoms with Gasteiger partial charge in [-0.3, -0.25) is 0 Å². The molecular weight excluding hydrogens is 404 g/mol. The summed E-state index contributed by atoms with van der Waals surface area (Å²) >= 11 is 6.30. The monoisotopic (exact) mass is 421 g/mol. The molecule has 0 saturated heterocycles. The van der Waals surface area contributed by atoms with Gasteiger partial charge >= 0.3 is 0 Å². The Hall–Kier alpha value is -3.26. The van der Waals surface area contributed by atoms with Crippen molar-refractivity contribution in [2.24, 2.45) is 0 Å². The van der Waals surface area contributed by atoms with Crippen LogP contribution >= 0.6 is 11.6 Å². The van der Waals surface area contributed by atoms with E-state index in [9.17, 15) is 8.78 Å². The Kier molecular flexibility index (Phi) is 6.23. The first-order chi connectivity index (χ1) is 13.9. The number of aromatic nitrogens is 1.